The van der Waals surface area contributed by atoms with Crippen LogP contribution < -0.4 is 0 Å². The number of nitrogens with one attached hydrogen (secondary N) is 1. The van der Waals surface area contributed by atoms with Crippen molar-refractivity contribution >= 4 is 11.0 Å². The van der Waals surface area contributed by atoms with Crippen molar-refractivity contribution in [3.63, 3.8) is 0 Å². The summed E-state index contributed by atoms with van der Waals surface area (Å²) in [5, 5.41) is 8.00. The highest BCUT2D eigenvalue weighted by Crippen LogP contribution is 2.27. The van der Waals surface area contributed by atoms with Crippen LogP contribution in [-0.4, -0.2) is 38.2 Å². The first-order chi connectivity index (χ1) is 11.3. The van der Waals surface area contributed by atoms with E-state index in [2.05, 4.69) is 32.2 Å². The Bertz CT molecular complexity index is 798. The smallest absolute Gasteiger partial charge is 0.155 e. The molecule has 0 bridgehead atoms. The Balaban J connectivity index is 1.48. The first kappa shape index (κ1) is 14.3. The molecule has 0 spiro atoms. The number of aromatic amines is 1. The van der Waals surface area contributed by atoms with Crippen molar-refractivity contribution in [3.05, 3.63) is 53.9 Å². The van der Waals surface area contributed by atoms with Crippen LogP contribution in [0.15, 0.2) is 36.7 Å². The van der Waals surface area contributed by atoms with Crippen molar-refractivity contribution in [3.8, 4) is 0 Å². The van der Waals surface area contributed by atoms with Crippen molar-refractivity contribution in [2.24, 2.45) is 0 Å². The minimum absolute atomic E-state index is 0.290. The molecule has 4 rings (SSSR count). The number of halogens is 1. The predicted octanol–water partition coefficient (Wildman–Crippen LogP) is 2.87. The van der Waals surface area contributed by atoms with Crippen molar-refractivity contribution < 1.29 is 4.39 Å². The van der Waals surface area contributed by atoms with Crippen LogP contribution in [0.5, 0.6) is 0 Å². The number of aromatic nitrogens is 4. The lowest BCUT2D eigenvalue weighted by molar-refractivity contribution is 0.196. The summed E-state index contributed by atoms with van der Waals surface area (Å²) in [4.78, 5) is 11.2. The summed E-state index contributed by atoms with van der Waals surface area (Å²) in [6.07, 6.45) is 5.35. The van der Waals surface area contributed by atoms with Gasteiger partial charge in [-0.05, 0) is 43.7 Å². The molecular formula is C17H18FN5. The molecule has 1 fully saturated rings. The summed E-state index contributed by atoms with van der Waals surface area (Å²) in [5.74, 6) is 0.124. The Kier molecular flexibility index (Phi) is 3.75. The molecule has 118 valence electrons. The van der Waals surface area contributed by atoms with E-state index in [4.69, 9.17) is 4.98 Å². The number of likely N-dealkylation sites (tertiary alicyclic amines) is 1. The van der Waals surface area contributed by atoms with Gasteiger partial charge in [-0.15, -0.1) is 0 Å². The van der Waals surface area contributed by atoms with Gasteiger partial charge in [0.2, 0.25) is 0 Å². The number of H-pyrrole nitrogens is 1. The summed E-state index contributed by atoms with van der Waals surface area (Å²) >= 11 is 0. The fraction of sp³-hybridized carbons (Fsp3) is 0.353. The van der Waals surface area contributed by atoms with Gasteiger partial charge in [-0.1, -0.05) is 0 Å². The fourth-order valence-electron chi connectivity index (χ4n) is 3.24. The molecule has 1 N–H and O–H groups in total. The summed E-state index contributed by atoms with van der Waals surface area (Å²) in [7, 11) is 0. The number of rotatable bonds is 3. The highest BCUT2D eigenvalue weighted by Gasteiger charge is 2.23. The molecule has 3 aromatic heterocycles. The molecule has 0 unspecified atom stereocenters. The third-order valence-corrected chi connectivity index (χ3v) is 4.42. The maximum Gasteiger partial charge on any atom is 0.155 e. The minimum atomic E-state index is -0.290. The Morgan fingerprint density at radius 3 is 3.04 bits per heavy atom. The van der Waals surface area contributed by atoms with E-state index < -0.39 is 0 Å². The van der Waals surface area contributed by atoms with Gasteiger partial charge in [-0.25, -0.2) is 9.37 Å². The van der Waals surface area contributed by atoms with Crippen LogP contribution in [-0.2, 0) is 6.54 Å². The van der Waals surface area contributed by atoms with E-state index in [1.54, 1.807) is 12.3 Å². The Morgan fingerprint density at radius 2 is 2.17 bits per heavy atom. The molecular weight excluding hydrogens is 293 g/mol. The number of piperidine rings is 1. The zero-order chi connectivity index (χ0) is 15.6. The van der Waals surface area contributed by atoms with E-state index >= 15 is 0 Å². The first-order valence-corrected chi connectivity index (χ1v) is 7.91. The van der Waals surface area contributed by atoms with Gasteiger partial charge >= 0.3 is 0 Å². The van der Waals surface area contributed by atoms with Crippen molar-refractivity contribution in [1.29, 1.82) is 0 Å². The minimum Gasteiger partial charge on any atom is -0.297 e. The quantitative estimate of drug-likeness (QED) is 0.808. The molecule has 0 radical (unpaired) electrons. The number of hydrogen-bond donors (Lipinski definition) is 1. The van der Waals surface area contributed by atoms with E-state index in [0.29, 0.717) is 5.92 Å². The lowest BCUT2D eigenvalue weighted by Crippen LogP contribution is -2.34. The predicted molar refractivity (Wildman–Crippen MR) is 85.3 cm³/mol. The van der Waals surface area contributed by atoms with Gasteiger partial charge in [-0.2, -0.15) is 5.10 Å². The van der Waals surface area contributed by atoms with Crippen molar-refractivity contribution in [2.75, 3.05) is 13.1 Å². The van der Waals surface area contributed by atoms with Crippen LogP contribution >= 0.6 is 0 Å². The summed E-state index contributed by atoms with van der Waals surface area (Å²) in [6, 6.07) is 7.40. The normalized spacial score (nSPS) is 19.3. The molecule has 23 heavy (non-hydrogen) atoms. The summed E-state index contributed by atoms with van der Waals surface area (Å²) < 4.78 is 13.0. The Morgan fingerprint density at radius 1 is 1.22 bits per heavy atom. The number of fused-ring (bicyclic) bond motifs is 1. The molecule has 0 amide bonds. The van der Waals surface area contributed by atoms with Gasteiger partial charge < -0.3 is 0 Å². The van der Waals surface area contributed by atoms with Crippen molar-refractivity contribution in [1.82, 2.24) is 25.1 Å². The topological polar surface area (TPSA) is 57.7 Å². The SMILES string of the molecule is Fc1ccc(CN2CCC[C@@H](c3ccc4cn[nH]c4n3)C2)nc1. The summed E-state index contributed by atoms with van der Waals surface area (Å²) in [6.45, 7) is 2.75. The average molecular weight is 311 g/mol. The van der Waals surface area contributed by atoms with Crippen LogP contribution in [0.1, 0.15) is 30.1 Å². The molecule has 0 aliphatic carbocycles. The van der Waals surface area contributed by atoms with Gasteiger partial charge in [0.1, 0.15) is 5.82 Å². The zero-order valence-electron chi connectivity index (χ0n) is 12.7. The van der Waals surface area contributed by atoms with Crippen LogP contribution in [0.4, 0.5) is 4.39 Å². The van der Waals surface area contributed by atoms with E-state index in [1.165, 1.54) is 12.3 Å². The average Bonchev–Trinajstić information content (AvgIpc) is 3.05. The molecule has 1 atom stereocenters. The van der Waals surface area contributed by atoms with Crippen LogP contribution in [0.25, 0.3) is 11.0 Å². The van der Waals surface area contributed by atoms with Crippen LogP contribution in [0.2, 0.25) is 0 Å². The molecule has 0 aromatic carbocycles. The molecule has 1 aliphatic heterocycles. The molecule has 4 heterocycles. The van der Waals surface area contributed by atoms with Gasteiger partial charge in [0.05, 0.1) is 18.1 Å². The second kappa shape index (κ2) is 6.04. The second-order valence-corrected chi connectivity index (χ2v) is 6.09. The lowest BCUT2D eigenvalue weighted by atomic mass is 9.94. The fourth-order valence-corrected chi connectivity index (χ4v) is 3.24. The molecule has 0 saturated carbocycles. The molecule has 6 heteroatoms. The van der Waals surface area contributed by atoms with E-state index in [0.717, 1.165) is 54.9 Å². The maximum atomic E-state index is 13.0. The highest BCUT2D eigenvalue weighted by atomic mass is 19.1. The molecule has 3 aromatic rings. The number of pyridine rings is 2. The first-order valence-electron chi connectivity index (χ1n) is 7.91. The van der Waals surface area contributed by atoms with Crippen LogP contribution in [0, 0.1) is 5.82 Å². The van der Waals surface area contributed by atoms with Gasteiger partial charge in [-0.3, -0.25) is 15.0 Å². The highest BCUT2D eigenvalue weighted by molar-refractivity contribution is 5.73. The Hall–Kier alpha value is -2.34. The van der Waals surface area contributed by atoms with E-state index in [9.17, 15) is 4.39 Å². The molecule has 1 saturated heterocycles. The third-order valence-electron chi connectivity index (χ3n) is 4.42. The van der Waals surface area contributed by atoms with Gasteiger partial charge in [0.25, 0.3) is 0 Å². The molecule has 1 aliphatic rings. The number of hydrogen-bond acceptors (Lipinski definition) is 4. The monoisotopic (exact) mass is 311 g/mol. The third kappa shape index (κ3) is 3.07. The lowest BCUT2D eigenvalue weighted by Gasteiger charge is -2.32. The van der Waals surface area contributed by atoms with Crippen LogP contribution in [0.3, 0.4) is 0 Å². The maximum absolute atomic E-state index is 13.0. The van der Waals surface area contributed by atoms with E-state index in [-0.39, 0.29) is 5.82 Å². The second-order valence-electron chi connectivity index (χ2n) is 6.09. The number of nitrogens with zero attached hydrogens (tertiary/aromatic N) is 4. The largest absolute Gasteiger partial charge is 0.297 e. The standard InChI is InChI=1S/C17H18FN5/c18-14-4-5-15(19-9-14)11-23-7-1-2-13(10-23)16-6-3-12-8-20-22-17(12)21-16/h3-6,8-9,13H,1-2,7,10-11H2,(H,20,21,22)/t13-/m1/s1. The Labute approximate surface area is 133 Å². The van der Waals surface area contributed by atoms with Crippen molar-refractivity contribution in [2.45, 2.75) is 25.3 Å². The van der Waals surface area contributed by atoms with E-state index in [1.807, 2.05) is 0 Å². The van der Waals surface area contributed by atoms with Gasteiger partial charge in [0.15, 0.2) is 5.65 Å². The van der Waals surface area contributed by atoms with Gasteiger partial charge in [0, 0.05) is 30.1 Å². The summed E-state index contributed by atoms with van der Waals surface area (Å²) in [5.41, 5.74) is 2.86. The zero-order valence-corrected chi connectivity index (χ0v) is 12.7. The molecule has 5 nitrogen and oxygen atoms in total.